The highest BCUT2D eigenvalue weighted by Crippen LogP contribution is 2.26. The molecule has 1 atom stereocenters. The maximum atomic E-state index is 13.6. The normalized spacial score (nSPS) is 12.4. The Labute approximate surface area is 173 Å². The lowest BCUT2D eigenvalue weighted by Gasteiger charge is -2.14. The van der Waals surface area contributed by atoms with E-state index < -0.39 is 6.10 Å². The molecule has 4 nitrogen and oxygen atoms in total. The third kappa shape index (κ3) is 7.08. The maximum Gasteiger partial charge on any atom is 0.191 e. The minimum Gasteiger partial charge on any atom is -0.386 e. The molecule has 1 aromatic heterocycles. The number of rotatable bonds is 6. The van der Waals surface area contributed by atoms with Gasteiger partial charge in [0.25, 0.3) is 0 Å². The van der Waals surface area contributed by atoms with Gasteiger partial charge in [-0.25, -0.2) is 9.38 Å². The SMILES string of the molecule is CCNC(=NCc1ccc(C)c(F)c1)NCC(O)c1ccc(Cl)s1.I. The Bertz CT molecular complexity index is 711. The van der Waals surface area contributed by atoms with Crippen molar-refractivity contribution in [2.45, 2.75) is 26.5 Å². The van der Waals surface area contributed by atoms with E-state index in [2.05, 4.69) is 15.6 Å². The summed E-state index contributed by atoms with van der Waals surface area (Å²) in [5, 5.41) is 16.3. The molecular formula is C17H22ClFIN3OS. The molecule has 0 saturated carbocycles. The van der Waals surface area contributed by atoms with Gasteiger partial charge in [0, 0.05) is 18.0 Å². The summed E-state index contributed by atoms with van der Waals surface area (Å²) in [6, 6.07) is 8.65. The molecule has 25 heavy (non-hydrogen) atoms. The highest BCUT2D eigenvalue weighted by Gasteiger charge is 2.11. The lowest BCUT2D eigenvalue weighted by Crippen LogP contribution is -2.39. The zero-order chi connectivity index (χ0) is 17.5. The van der Waals surface area contributed by atoms with E-state index >= 15 is 0 Å². The Kier molecular flexibility index (Phi) is 9.70. The fourth-order valence-corrected chi connectivity index (χ4v) is 3.10. The van der Waals surface area contributed by atoms with Crippen LogP contribution in [0, 0.1) is 12.7 Å². The number of nitrogens with zero attached hydrogens (tertiary/aromatic N) is 1. The lowest BCUT2D eigenvalue weighted by atomic mass is 10.1. The van der Waals surface area contributed by atoms with Gasteiger partial charge in [0.1, 0.15) is 11.9 Å². The lowest BCUT2D eigenvalue weighted by molar-refractivity contribution is 0.184. The van der Waals surface area contributed by atoms with Gasteiger partial charge in [-0.2, -0.15) is 0 Å². The van der Waals surface area contributed by atoms with E-state index in [0.717, 1.165) is 10.4 Å². The van der Waals surface area contributed by atoms with E-state index in [9.17, 15) is 9.50 Å². The predicted molar refractivity (Wildman–Crippen MR) is 114 cm³/mol. The van der Waals surface area contributed by atoms with Gasteiger partial charge in [-0.05, 0) is 43.2 Å². The smallest absolute Gasteiger partial charge is 0.191 e. The molecule has 138 valence electrons. The van der Waals surface area contributed by atoms with Crippen LogP contribution in [-0.4, -0.2) is 24.2 Å². The second-order valence-electron chi connectivity index (χ2n) is 5.32. The first kappa shape index (κ1) is 22.1. The summed E-state index contributed by atoms with van der Waals surface area (Å²) in [6.07, 6.45) is -0.664. The molecule has 0 aliphatic heterocycles. The van der Waals surface area contributed by atoms with Crippen molar-refractivity contribution >= 4 is 52.9 Å². The molecule has 0 radical (unpaired) electrons. The number of hydrogen-bond acceptors (Lipinski definition) is 3. The van der Waals surface area contributed by atoms with Crippen LogP contribution < -0.4 is 10.6 Å². The molecule has 2 rings (SSSR count). The molecule has 1 unspecified atom stereocenters. The number of nitrogens with one attached hydrogen (secondary N) is 2. The number of hydrogen-bond donors (Lipinski definition) is 3. The average Bonchev–Trinajstić information content (AvgIpc) is 2.99. The number of aliphatic imine (C=N–C) groups is 1. The predicted octanol–water partition coefficient (Wildman–Crippen LogP) is 4.26. The van der Waals surface area contributed by atoms with Crippen molar-refractivity contribution in [1.29, 1.82) is 0 Å². The number of aryl methyl sites for hydroxylation is 1. The summed E-state index contributed by atoms with van der Waals surface area (Å²) in [5.41, 5.74) is 1.41. The zero-order valence-corrected chi connectivity index (χ0v) is 18.0. The minimum absolute atomic E-state index is 0. The highest BCUT2D eigenvalue weighted by atomic mass is 127. The van der Waals surface area contributed by atoms with E-state index in [0.29, 0.717) is 35.5 Å². The van der Waals surface area contributed by atoms with Crippen LogP contribution in [0.5, 0.6) is 0 Å². The van der Waals surface area contributed by atoms with Crippen molar-refractivity contribution in [3.05, 3.63) is 56.5 Å². The Morgan fingerprint density at radius 3 is 2.68 bits per heavy atom. The fourth-order valence-electron chi connectivity index (χ4n) is 2.05. The summed E-state index contributed by atoms with van der Waals surface area (Å²) >= 11 is 7.23. The van der Waals surface area contributed by atoms with E-state index in [4.69, 9.17) is 11.6 Å². The average molecular weight is 498 g/mol. The van der Waals surface area contributed by atoms with Crippen molar-refractivity contribution in [3.8, 4) is 0 Å². The number of guanidine groups is 1. The molecule has 0 aliphatic carbocycles. The molecule has 0 spiro atoms. The van der Waals surface area contributed by atoms with Gasteiger partial charge in [-0.3, -0.25) is 0 Å². The van der Waals surface area contributed by atoms with Gasteiger partial charge in [-0.15, -0.1) is 35.3 Å². The summed E-state index contributed by atoms with van der Waals surface area (Å²) in [5.74, 6) is 0.339. The number of benzene rings is 1. The molecule has 1 aromatic carbocycles. The first-order valence-electron chi connectivity index (χ1n) is 7.70. The monoisotopic (exact) mass is 497 g/mol. The fraction of sp³-hybridized carbons (Fsp3) is 0.353. The first-order valence-corrected chi connectivity index (χ1v) is 8.89. The molecule has 8 heteroatoms. The van der Waals surface area contributed by atoms with Gasteiger partial charge in [0.15, 0.2) is 5.96 Å². The van der Waals surface area contributed by atoms with Crippen LogP contribution in [0.25, 0.3) is 0 Å². The van der Waals surface area contributed by atoms with Crippen molar-refractivity contribution in [2.75, 3.05) is 13.1 Å². The highest BCUT2D eigenvalue weighted by molar-refractivity contribution is 14.0. The third-order valence-electron chi connectivity index (χ3n) is 3.39. The molecule has 0 fully saturated rings. The molecule has 0 aliphatic rings. The molecule has 0 amide bonds. The van der Waals surface area contributed by atoms with E-state index in [1.54, 1.807) is 25.1 Å². The molecule has 3 N–H and O–H groups in total. The Morgan fingerprint density at radius 2 is 2.08 bits per heavy atom. The summed E-state index contributed by atoms with van der Waals surface area (Å²) < 4.78 is 14.2. The molecular weight excluding hydrogens is 476 g/mol. The van der Waals surface area contributed by atoms with Crippen LogP contribution in [0.4, 0.5) is 4.39 Å². The van der Waals surface area contributed by atoms with Crippen molar-refractivity contribution in [3.63, 3.8) is 0 Å². The van der Waals surface area contributed by atoms with Crippen LogP contribution in [0.1, 0.15) is 29.0 Å². The van der Waals surface area contributed by atoms with E-state index in [1.807, 2.05) is 13.0 Å². The molecule has 2 aromatic rings. The Morgan fingerprint density at radius 1 is 1.32 bits per heavy atom. The van der Waals surface area contributed by atoms with Crippen molar-refractivity contribution < 1.29 is 9.50 Å². The first-order chi connectivity index (χ1) is 11.5. The van der Waals surface area contributed by atoms with Crippen LogP contribution in [0.15, 0.2) is 35.3 Å². The second-order valence-corrected chi connectivity index (χ2v) is 7.06. The topological polar surface area (TPSA) is 56.7 Å². The third-order valence-corrected chi connectivity index (χ3v) is 4.72. The zero-order valence-electron chi connectivity index (χ0n) is 14.1. The molecule has 0 saturated heterocycles. The second kappa shape index (κ2) is 10.9. The van der Waals surface area contributed by atoms with Gasteiger partial charge in [0.2, 0.25) is 0 Å². The van der Waals surface area contributed by atoms with Gasteiger partial charge in [-0.1, -0.05) is 23.7 Å². The number of aliphatic hydroxyl groups excluding tert-OH is 1. The van der Waals surface area contributed by atoms with Crippen LogP contribution in [0.3, 0.4) is 0 Å². The summed E-state index contributed by atoms with van der Waals surface area (Å²) in [6.45, 7) is 5.04. The Balaban J connectivity index is 0.00000312. The van der Waals surface area contributed by atoms with Crippen molar-refractivity contribution in [2.24, 2.45) is 4.99 Å². The Hall–Kier alpha value is -0.900. The van der Waals surface area contributed by atoms with Crippen LogP contribution in [-0.2, 0) is 6.54 Å². The van der Waals surface area contributed by atoms with Crippen LogP contribution >= 0.6 is 46.9 Å². The molecule has 0 bridgehead atoms. The maximum absolute atomic E-state index is 13.6. The van der Waals surface area contributed by atoms with E-state index in [1.165, 1.54) is 17.4 Å². The number of aliphatic hydroxyl groups is 1. The number of halogens is 3. The minimum atomic E-state index is -0.664. The van der Waals surface area contributed by atoms with Crippen molar-refractivity contribution in [1.82, 2.24) is 10.6 Å². The van der Waals surface area contributed by atoms with E-state index in [-0.39, 0.29) is 29.8 Å². The van der Waals surface area contributed by atoms with Gasteiger partial charge in [0.05, 0.1) is 10.9 Å². The number of thiophene rings is 1. The summed E-state index contributed by atoms with van der Waals surface area (Å²) in [7, 11) is 0. The summed E-state index contributed by atoms with van der Waals surface area (Å²) in [4.78, 5) is 5.21. The standard InChI is InChI=1S/C17H21ClFN3OS.HI/c1-3-20-17(21-9-12-5-4-11(2)13(19)8-12)22-10-14(23)15-6-7-16(18)24-15;/h4-8,14,23H,3,9-10H2,1-2H3,(H2,20,21,22);1H. The quantitative estimate of drug-likeness (QED) is 0.318. The van der Waals surface area contributed by atoms with Crippen LogP contribution in [0.2, 0.25) is 4.34 Å². The van der Waals surface area contributed by atoms with Gasteiger partial charge >= 0.3 is 0 Å². The largest absolute Gasteiger partial charge is 0.386 e. The van der Waals surface area contributed by atoms with Gasteiger partial charge < -0.3 is 15.7 Å². The molecule has 1 heterocycles.